The zero-order valence-corrected chi connectivity index (χ0v) is 10.7. The lowest BCUT2D eigenvalue weighted by atomic mass is 10.0. The molecule has 0 saturated heterocycles. The van der Waals surface area contributed by atoms with Crippen LogP contribution in [-0.2, 0) is 0 Å². The molecule has 0 aromatic carbocycles. The molecule has 0 fully saturated rings. The van der Waals surface area contributed by atoms with E-state index in [1.165, 1.54) is 25.7 Å². The van der Waals surface area contributed by atoms with Crippen molar-refractivity contribution in [3.8, 4) is 9.97 Å². The maximum absolute atomic E-state index is 5.62. The monoisotopic (exact) mass is 208 g/mol. The van der Waals surface area contributed by atoms with E-state index in [1.807, 2.05) is 6.08 Å². The van der Waals surface area contributed by atoms with Gasteiger partial charge in [-0.25, -0.2) is 4.05 Å². The summed E-state index contributed by atoms with van der Waals surface area (Å²) in [6.45, 7) is 6.01. The highest BCUT2D eigenvalue weighted by Gasteiger charge is 1.98. The molecule has 0 saturated carbocycles. The van der Waals surface area contributed by atoms with Crippen LogP contribution < -0.4 is 0 Å². The predicted octanol–water partition coefficient (Wildman–Crippen LogP) is 3.58. The molecule has 0 N–H and O–H groups in total. The highest BCUT2D eigenvalue weighted by Crippen LogP contribution is 2.10. The van der Waals surface area contributed by atoms with Gasteiger partial charge in [-0.2, -0.15) is 0 Å². The summed E-state index contributed by atoms with van der Waals surface area (Å²) in [5.74, 6) is 3.54. The molecule has 13 heavy (non-hydrogen) atoms. The fourth-order valence-corrected chi connectivity index (χ4v) is 1.78. The van der Waals surface area contributed by atoms with Gasteiger partial charge < -0.3 is 9.07 Å². The van der Waals surface area contributed by atoms with Crippen molar-refractivity contribution in [3.05, 3.63) is 12.7 Å². The molecule has 0 aliphatic carbocycles. The van der Waals surface area contributed by atoms with Crippen LogP contribution in [0.5, 0.6) is 0 Å². The van der Waals surface area contributed by atoms with Gasteiger partial charge >= 0.3 is 19.3 Å². The molecule has 0 heterocycles. The molecule has 0 aromatic heterocycles. The topological polar surface area (TPSA) is 0 Å². The Kier molecular flexibility index (Phi) is 10.7. The van der Waals surface area contributed by atoms with Crippen LogP contribution >= 0.6 is 9.07 Å². The first-order valence-electron chi connectivity index (χ1n) is 5.02. The van der Waals surface area contributed by atoms with E-state index >= 15 is 0 Å². The standard InChI is InChI=1S/C11H17.ClH.Mg/c1-4-7-8-9-10-11(5-2)6-3;;/h5,11H,2,4,7-10H2,1H3;1H;/q;;+1/p-1. The van der Waals surface area contributed by atoms with Crippen LogP contribution in [0.3, 0.4) is 0 Å². The first-order valence-corrected chi connectivity index (χ1v) is 7.86. The molecule has 0 aliphatic rings. The molecule has 0 amide bonds. The Bertz CT molecular complexity index is 178. The first-order chi connectivity index (χ1) is 6.35. The third-order valence-electron chi connectivity index (χ3n) is 2.01. The van der Waals surface area contributed by atoms with Crippen LogP contribution in [0.15, 0.2) is 12.7 Å². The second-order valence-electron chi connectivity index (χ2n) is 3.15. The van der Waals surface area contributed by atoms with Crippen molar-refractivity contribution in [2.75, 3.05) is 0 Å². The molecule has 0 aromatic rings. The van der Waals surface area contributed by atoms with E-state index in [9.17, 15) is 0 Å². The molecule has 1 atom stereocenters. The molecule has 0 radical (unpaired) electrons. The minimum absolute atomic E-state index is 0.378. The average Bonchev–Trinajstić information content (AvgIpc) is 2.17. The molecule has 0 aliphatic heterocycles. The van der Waals surface area contributed by atoms with Crippen LogP contribution in [-0.4, -0.2) is 19.3 Å². The maximum atomic E-state index is 5.62. The SMILES string of the molecule is C=CC(C#[C][Mg][Cl])CCCCCC. The van der Waals surface area contributed by atoms with Crippen LogP contribution in [0.4, 0.5) is 0 Å². The molecular formula is C11H17ClMg. The van der Waals surface area contributed by atoms with Crippen LogP contribution in [0.2, 0.25) is 0 Å². The minimum atomic E-state index is -0.608. The lowest BCUT2D eigenvalue weighted by Crippen LogP contribution is -1.92. The number of hydrogen-bond donors (Lipinski definition) is 0. The van der Waals surface area contributed by atoms with E-state index in [-0.39, 0.29) is 0 Å². The van der Waals surface area contributed by atoms with Gasteiger partial charge in [0.15, 0.2) is 0 Å². The van der Waals surface area contributed by atoms with Gasteiger partial charge in [0.1, 0.15) is 0 Å². The van der Waals surface area contributed by atoms with Crippen LogP contribution in [0, 0.1) is 15.9 Å². The first kappa shape index (κ1) is 13.4. The van der Waals surface area contributed by atoms with Gasteiger partial charge in [-0.1, -0.05) is 38.7 Å². The molecule has 1 unspecified atom stereocenters. The molecule has 0 rings (SSSR count). The number of halogens is 1. The summed E-state index contributed by atoms with van der Waals surface area (Å²) in [5, 5.41) is 0. The summed E-state index contributed by atoms with van der Waals surface area (Å²) in [6.07, 6.45) is 8.31. The molecular weight excluding hydrogens is 192 g/mol. The Morgan fingerprint density at radius 1 is 1.46 bits per heavy atom. The van der Waals surface area contributed by atoms with Gasteiger partial charge in [-0.15, -0.1) is 12.5 Å². The van der Waals surface area contributed by atoms with Crippen molar-refractivity contribution in [2.45, 2.75) is 39.0 Å². The second-order valence-corrected chi connectivity index (χ2v) is 4.57. The Hall–Kier alpha value is 0.356. The van der Waals surface area contributed by atoms with Crippen molar-refractivity contribution in [1.29, 1.82) is 0 Å². The summed E-state index contributed by atoms with van der Waals surface area (Å²) >= 11 is -0.608. The van der Waals surface area contributed by atoms with E-state index in [0.29, 0.717) is 5.92 Å². The summed E-state index contributed by atoms with van der Waals surface area (Å²) < 4.78 is 3.02. The maximum Gasteiger partial charge on any atom is 0.598 e. The van der Waals surface area contributed by atoms with Crippen LogP contribution in [0.1, 0.15) is 39.0 Å². The van der Waals surface area contributed by atoms with E-state index in [0.717, 1.165) is 6.42 Å². The zero-order chi connectivity index (χ0) is 9.94. The smallest absolute Gasteiger partial charge is 0.316 e. The second kappa shape index (κ2) is 10.4. The normalized spacial score (nSPS) is 10.9. The molecule has 0 bridgehead atoms. The Morgan fingerprint density at radius 3 is 2.77 bits per heavy atom. The quantitative estimate of drug-likeness (QED) is 0.271. The lowest BCUT2D eigenvalue weighted by molar-refractivity contribution is 0.599. The Morgan fingerprint density at radius 2 is 2.23 bits per heavy atom. The fraction of sp³-hybridized carbons (Fsp3) is 0.636. The third-order valence-corrected chi connectivity index (χ3v) is 2.75. The highest BCUT2D eigenvalue weighted by molar-refractivity contribution is 6.98. The summed E-state index contributed by atoms with van der Waals surface area (Å²) in [7, 11) is 5.62. The van der Waals surface area contributed by atoms with Crippen molar-refractivity contribution in [1.82, 2.24) is 0 Å². The Labute approximate surface area is 95.6 Å². The summed E-state index contributed by atoms with van der Waals surface area (Å²) in [6, 6.07) is 0. The van der Waals surface area contributed by atoms with E-state index in [2.05, 4.69) is 23.5 Å². The van der Waals surface area contributed by atoms with Gasteiger partial charge in [0.05, 0.1) is 0 Å². The minimum Gasteiger partial charge on any atom is -0.316 e. The van der Waals surface area contributed by atoms with Crippen molar-refractivity contribution >= 4 is 28.3 Å². The largest absolute Gasteiger partial charge is 0.598 e. The average molecular weight is 209 g/mol. The lowest BCUT2D eigenvalue weighted by Gasteiger charge is -2.04. The number of unbranched alkanes of at least 4 members (excludes halogenated alkanes) is 3. The van der Waals surface area contributed by atoms with Crippen molar-refractivity contribution < 1.29 is 0 Å². The zero-order valence-electron chi connectivity index (χ0n) is 8.48. The van der Waals surface area contributed by atoms with Crippen molar-refractivity contribution in [3.63, 3.8) is 0 Å². The van der Waals surface area contributed by atoms with E-state index < -0.39 is 19.3 Å². The molecule has 0 spiro atoms. The van der Waals surface area contributed by atoms with E-state index in [4.69, 9.17) is 9.07 Å². The van der Waals surface area contributed by atoms with Crippen molar-refractivity contribution in [2.24, 2.45) is 5.92 Å². The summed E-state index contributed by atoms with van der Waals surface area (Å²) in [5.41, 5.74) is 0. The number of rotatable bonds is 6. The molecule has 70 valence electrons. The number of allylic oxidation sites excluding steroid dienone is 1. The summed E-state index contributed by atoms with van der Waals surface area (Å²) in [4.78, 5) is 0. The van der Waals surface area contributed by atoms with Gasteiger partial charge in [-0.3, -0.25) is 0 Å². The van der Waals surface area contributed by atoms with Gasteiger partial charge in [-0.05, 0) is 6.42 Å². The predicted molar refractivity (Wildman–Crippen MR) is 61.8 cm³/mol. The van der Waals surface area contributed by atoms with E-state index in [1.54, 1.807) is 0 Å². The molecule has 2 heteroatoms. The Balaban J connectivity index is 3.54. The van der Waals surface area contributed by atoms with Gasteiger partial charge in [0, 0.05) is 5.92 Å². The third kappa shape index (κ3) is 8.68. The number of hydrogen-bond acceptors (Lipinski definition) is 0. The fourth-order valence-electron chi connectivity index (χ4n) is 1.21. The van der Waals surface area contributed by atoms with Gasteiger partial charge in [0.25, 0.3) is 0 Å². The highest BCUT2D eigenvalue weighted by atomic mass is 35.5. The molecule has 0 nitrogen and oxygen atoms in total. The van der Waals surface area contributed by atoms with Gasteiger partial charge in [0.2, 0.25) is 0 Å². The van der Waals surface area contributed by atoms with Crippen LogP contribution in [0.25, 0.3) is 0 Å².